The number of thioether (sulfide) groups is 1. The lowest BCUT2D eigenvalue weighted by molar-refractivity contribution is 0.401. The van der Waals surface area contributed by atoms with Crippen LogP contribution in [-0.2, 0) is 6.54 Å². The van der Waals surface area contributed by atoms with E-state index in [4.69, 9.17) is 5.73 Å². The number of nitrogens with two attached hydrogens (primary N) is 1. The fourth-order valence-corrected chi connectivity index (χ4v) is 2.70. The summed E-state index contributed by atoms with van der Waals surface area (Å²) in [6, 6.07) is 6.42. The molecule has 0 unspecified atom stereocenters. The van der Waals surface area contributed by atoms with Crippen molar-refractivity contribution in [2.45, 2.75) is 17.9 Å². The standard InChI is InChI=1S/C14H25N3S/c1-16(2)9-6-10-17(3)13-7-5-8-14(18-4)12(13)11-15/h5,7-8H,6,9-11,15H2,1-4H3. The molecule has 0 saturated heterocycles. The zero-order valence-electron chi connectivity index (χ0n) is 11.9. The van der Waals surface area contributed by atoms with Crippen LogP contribution in [0.1, 0.15) is 12.0 Å². The smallest absolute Gasteiger partial charge is 0.0420 e. The van der Waals surface area contributed by atoms with Crippen LogP contribution in [0.2, 0.25) is 0 Å². The summed E-state index contributed by atoms with van der Waals surface area (Å²) in [5.41, 5.74) is 8.42. The van der Waals surface area contributed by atoms with Crippen LogP contribution < -0.4 is 10.6 Å². The maximum absolute atomic E-state index is 5.89. The van der Waals surface area contributed by atoms with E-state index in [1.807, 2.05) is 0 Å². The Labute approximate surface area is 115 Å². The van der Waals surface area contributed by atoms with Crippen molar-refractivity contribution in [3.63, 3.8) is 0 Å². The molecule has 4 heteroatoms. The molecule has 0 amide bonds. The fourth-order valence-electron chi connectivity index (χ4n) is 2.05. The first kappa shape index (κ1) is 15.3. The first-order chi connectivity index (χ1) is 8.60. The Morgan fingerprint density at radius 3 is 2.44 bits per heavy atom. The van der Waals surface area contributed by atoms with Gasteiger partial charge in [-0.3, -0.25) is 0 Å². The highest BCUT2D eigenvalue weighted by atomic mass is 32.2. The van der Waals surface area contributed by atoms with Crippen molar-refractivity contribution in [1.82, 2.24) is 4.90 Å². The SMILES string of the molecule is CSc1cccc(N(C)CCCN(C)C)c1CN. The van der Waals surface area contributed by atoms with E-state index in [0.717, 1.165) is 19.5 Å². The van der Waals surface area contributed by atoms with Crippen LogP contribution in [0, 0.1) is 0 Å². The maximum Gasteiger partial charge on any atom is 0.0420 e. The summed E-state index contributed by atoms with van der Waals surface area (Å²) in [6.07, 6.45) is 3.27. The van der Waals surface area contributed by atoms with Crippen LogP contribution in [0.3, 0.4) is 0 Å². The van der Waals surface area contributed by atoms with E-state index < -0.39 is 0 Å². The molecule has 102 valence electrons. The molecule has 0 heterocycles. The van der Waals surface area contributed by atoms with Gasteiger partial charge in [-0.1, -0.05) is 6.07 Å². The molecular weight excluding hydrogens is 242 g/mol. The van der Waals surface area contributed by atoms with Gasteiger partial charge < -0.3 is 15.5 Å². The van der Waals surface area contributed by atoms with Crippen LogP contribution in [0.25, 0.3) is 0 Å². The van der Waals surface area contributed by atoms with E-state index in [-0.39, 0.29) is 0 Å². The molecule has 0 aliphatic carbocycles. The first-order valence-electron chi connectivity index (χ1n) is 6.32. The first-order valence-corrected chi connectivity index (χ1v) is 7.54. The average molecular weight is 267 g/mol. The number of benzene rings is 1. The third-order valence-electron chi connectivity index (χ3n) is 3.04. The quantitative estimate of drug-likeness (QED) is 0.768. The molecule has 3 nitrogen and oxygen atoms in total. The lowest BCUT2D eigenvalue weighted by Crippen LogP contribution is -2.24. The van der Waals surface area contributed by atoms with Gasteiger partial charge in [0.1, 0.15) is 0 Å². The Bertz CT molecular complexity index is 366. The lowest BCUT2D eigenvalue weighted by atomic mass is 10.1. The van der Waals surface area contributed by atoms with Gasteiger partial charge in [-0.15, -0.1) is 11.8 Å². The normalized spacial score (nSPS) is 11.0. The summed E-state index contributed by atoms with van der Waals surface area (Å²) in [6.45, 7) is 2.78. The summed E-state index contributed by atoms with van der Waals surface area (Å²) in [5, 5.41) is 0. The summed E-state index contributed by atoms with van der Waals surface area (Å²) in [4.78, 5) is 5.82. The van der Waals surface area contributed by atoms with Gasteiger partial charge in [0.05, 0.1) is 0 Å². The van der Waals surface area contributed by atoms with Crippen molar-refractivity contribution in [3.8, 4) is 0 Å². The van der Waals surface area contributed by atoms with Gasteiger partial charge in [-0.2, -0.15) is 0 Å². The number of anilines is 1. The van der Waals surface area contributed by atoms with E-state index >= 15 is 0 Å². The number of hydrogen-bond acceptors (Lipinski definition) is 4. The average Bonchev–Trinajstić information content (AvgIpc) is 2.36. The predicted octanol–water partition coefficient (Wildman–Crippen LogP) is 2.26. The second kappa shape index (κ2) is 7.67. The molecular formula is C14H25N3S. The van der Waals surface area contributed by atoms with E-state index in [0.29, 0.717) is 6.54 Å². The van der Waals surface area contributed by atoms with Gasteiger partial charge in [0.25, 0.3) is 0 Å². The van der Waals surface area contributed by atoms with Gasteiger partial charge >= 0.3 is 0 Å². The summed E-state index contributed by atoms with van der Waals surface area (Å²) in [7, 11) is 6.37. The molecule has 18 heavy (non-hydrogen) atoms. The number of hydrogen-bond donors (Lipinski definition) is 1. The molecule has 1 rings (SSSR count). The van der Waals surface area contributed by atoms with Crippen LogP contribution in [-0.4, -0.2) is 45.4 Å². The van der Waals surface area contributed by atoms with Gasteiger partial charge in [0.2, 0.25) is 0 Å². The maximum atomic E-state index is 5.89. The largest absolute Gasteiger partial charge is 0.374 e. The van der Waals surface area contributed by atoms with Gasteiger partial charge in [-0.25, -0.2) is 0 Å². The molecule has 0 atom stereocenters. The lowest BCUT2D eigenvalue weighted by Gasteiger charge is -2.24. The molecule has 0 spiro atoms. The molecule has 0 saturated carbocycles. The Balaban J connectivity index is 2.75. The van der Waals surface area contributed by atoms with E-state index in [1.54, 1.807) is 11.8 Å². The van der Waals surface area contributed by atoms with Crippen molar-refractivity contribution >= 4 is 17.4 Å². The van der Waals surface area contributed by atoms with Crippen molar-refractivity contribution < 1.29 is 0 Å². The summed E-state index contributed by atoms with van der Waals surface area (Å²) >= 11 is 1.77. The van der Waals surface area contributed by atoms with E-state index in [2.05, 4.69) is 55.4 Å². The zero-order chi connectivity index (χ0) is 13.5. The summed E-state index contributed by atoms with van der Waals surface area (Å²) in [5.74, 6) is 0. The van der Waals surface area contributed by atoms with Crippen LogP contribution in [0.5, 0.6) is 0 Å². The molecule has 1 aromatic rings. The number of rotatable bonds is 7. The van der Waals surface area contributed by atoms with Crippen molar-refractivity contribution in [1.29, 1.82) is 0 Å². The highest BCUT2D eigenvalue weighted by Crippen LogP contribution is 2.28. The fraction of sp³-hybridized carbons (Fsp3) is 0.571. The molecule has 0 radical (unpaired) electrons. The van der Waals surface area contributed by atoms with Crippen molar-refractivity contribution in [3.05, 3.63) is 23.8 Å². The second-order valence-corrected chi connectivity index (χ2v) is 5.59. The zero-order valence-corrected chi connectivity index (χ0v) is 12.8. The predicted molar refractivity (Wildman–Crippen MR) is 82.6 cm³/mol. The molecule has 0 bridgehead atoms. The third kappa shape index (κ3) is 4.19. The second-order valence-electron chi connectivity index (χ2n) is 4.74. The van der Waals surface area contributed by atoms with Crippen LogP contribution >= 0.6 is 11.8 Å². The van der Waals surface area contributed by atoms with Crippen LogP contribution in [0.4, 0.5) is 5.69 Å². The summed E-state index contributed by atoms with van der Waals surface area (Å²) < 4.78 is 0. The minimum absolute atomic E-state index is 0.602. The monoisotopic (exact) mass is 267 g/mol. The van der Waals surface area contributed by atoms with Crippen molar-refractivity contribution in [2.24, 2.45) is 5.73 Å². The highest BCUT2D eigenvalue weighted by Gasteiger charge is 2.09. The number of nitrogens with zero attached hydrogens (tertiary/aromatic N) is 2. The van der Waals surface area contributed by atoms with Gasteiger partial charge in [0, 0.05) is 36.3 Å². The molecule has 1 aromatic carbocycles. The minimum Gasteiger partial charge on any atom is -0.374 e. The van der Waals surface area contributed by atoms with Gasteiger partial charge in [-0.05, 0) is 45.4 Å². The van der Waals surface area contributed by atoms with E-state index in [9.17, 15) is 0 Å². The Hall–Kier alpha value is -0.710. The van der Waals surface area contributed by atoms with E-state index in [1.165, 1.54) is 16.1 Å². The van der Waals surface area contributed by atoms with Crippen molar-refractivity contribution in [2.75, 3.05) is 45.4 Å². The minimum atomic E-state index is 0.602. The molecule has 0 aliphatic heterocycles. The highest BCUT2D eigenvalue weighted by molar-refractivity contribution is 7.98. The Morgan fingerprint density at radius 1 is 1.17 bits per heavy atom. The van der Waals surface area contributed by atoms with Crippen LogP contribution in [0.15, 0.2) is 23.1 Å². The Morgan fingerprint density at radius 2 is 1.89 bits per heavy atom. The Kier molecular flexibility index (Phi) is 6.54. The van der Waals surface area contributed by atoms with Gasteiger partial charge in [0.15, 0.2) is 0 Å². The third-order valence-corrected chi connectivity index (χ3v) is 3.86. The molecule has 2 N–H and O–H groups in total. The molecule has 0 aliphatic rings. The molecule has 0 fully saturated rings. The topological polar surface area (TPSA) is 32.5 Å². The molecule has 0 aromatic heterocycles.